The molecule has 2 saturated heterocycles. The normalized spacial score (nSPS) is 26.5. The van der Waals surface area contributed by atoms with Gasteiger partial charge in [-0.2, -0.15) is 0 Å². The van der Waals surface area contributed by atoms with Crippen LogP contribution in [-0.4, -0.2) is 36.6 Å². The molecule has 0 radical (unpaired) electrons. The van der Waals surface area contributed by atoms with Crippen LogP contribution in [-0.2, 0) is 0 Å². The van der Waals surface area contributed by atoms with Gasteiger partial charge in [-0.1, -0.05) is 13.8 Å². The summed E-state index contributed by atoms with van der Waals surface area (Å²) >= 11 is 3.18. The Balaban J connectivity index is 1.96. The number of rotatable bonds is 2. The van der Waals surface area contributed by atoms with Crippen LogP contribution in [0.4, 0.5) is 14.5 Å². The highest BCUT2D eigenvalue weighted by atomic mass is 79.9. The van der Waals surface area contributed by atoms with E-state index in [2.05, 4.69) is 39.6 Å². The molecule has 2 fully saturated rings. The first kappa shape index (κ1) is 15.2. The summed E-state index contributed by atoms with van der Waals surface area (Å²) in [6.07, 6.45) is 2.39. The third-order valence-corrected chi connectivity index (χ3v) is 5.40. The fraction of sp³-hybridized carbons (Fsp3) is 0.625. The molecule has 2 nitrogen and oxygen atoms in total. The highest BCUT2D eigenvalue weighted by molar-refractivity contribution is 9.10. The second kappa shape index (κ2) is 5.84. The van der Waals surface area contributed by atoms with Crippen LogP contribution in [0.5, 0.6) is 0 Å². The van der Waals surface area contributed by atoms with E-state index in [0.29, 0.717) is 22.1 Å². The quantitative estimate of drug-likeness (QED) is 0.736. The Bertz CT molecular complexity index is 535. The Morgan fingerprint density at radius 1 is 1.19 bits per heavy atom. The van der Waals surface area contributed by atoms with Crippen LogP contribution >= 0.6 is 15.9 Å². The molecule has 21 heavy (non-hydrogen) atoms. The van der Waals surface area contributed by atoms with Crippen molar-refractivity contribution >= 4 is 21.6 Å². The molecule has 1 aromatic carbocycles. The molecule has 0 saturated carbocycles. The molecule has 0 amide bonds. The maximum Gasteiger partial charge on any atom is 0.149 e. The minimum absolute atomic E-state index is 0.270. The van der Waals surface area contributed by atoms with Gasteiger partial charge in [-0.15, -0.1) is 0 Å². The van der Waals surface area contributed by atoms with Gasteiger partial charge in [0.05, 0.1) is 10.2 Å². The summed E-state index contributed by atoms with van der Waals surface area (Å²) in [5, 5.41) is 0. The van der Waals surface area contributed by atoms with Crippen molar-refractivity contribution in [2.75, 3.05) is 24.5 Å². The molecule has 2 heterocycles. The Morgan fingerprint density at radius 3 is 2.67 bits per heavy atom. The smallest absolute Gasteiger partial charge is 0.149 e. The van der Waals surface area contributed by atoms with Gasteiger partial charge in [0.25, 0.3) is 0 Å². The minimum Gasteiger partial charge on any atom is -0.363 e. The van der Waals surface area contributed by atoms with Gasteiger partial charge in [0, 0.05) is 31.2 Å². The number of anilines is 1. The average molecular weight is 359 g/mol. The zero-order valence-corrected chi connectivity index (χ0v) is 14.0. The number of piperazine rings is 1. The van der Waals surface area contributed by atoms with Crippen LogP contribution in [0.25, 0.3) is 0 Å². The number of benzene rings is 1. The van der Waals surface area contributed by atoms with Gasteiger partial charge in [-0.25, -0.2) is 8.78 Å². The molecule has 0 N–H and O–H groups in total. The molecule has 2 aliphatic rings. The summed E-state index contributed by atoms with van der Waals surface area (Å²) in [4.78, 5) is 4.67. The standard InChI is InChI=1S/C16H21BrF2N2/c1-10(2)16-9-20-5-3-4-11(20)8-21(16)15-6-12(17)13(18)7-14(15)19/h6-7,10-11,16H,3-5,8-9H2,1-2H3. The van der Waals surface area contributed by atoms with E-state index in [1.54, 1.807) is 6.07 Å². The molecule has 0 bridgehead atoms. The van der Waals surface area contributed by atoms with Gasteiger partial charge in [0.15, 0.2) is 0 Å². The second-order valence-corrected chi connectivity index (χ2v) is 7.33. The first-order chi connectivity index (χ1) is 9.97. The summed E-state index contributed by atoms with van der Waals surface area (Å²) in [6.45, 7) is 7.29. The number of hydrogen-bond acceptors (Lipinski definition) is 2. The lowest BCUT2D eigenvalue weighted by Gasteiger charge is -2.47. The average Bonchev–Trinajstić information content (AvgIpc) is 2.88. The zero-order valence-electron chi connectivity index (χ0n) is 12.5. The Labute approximate surface area is 133 Å². The van der Waals surface area contributed by atoms with Crippen molar-refractivity contribution in [1.29, 1.82) is 0 Å². The van der Waals surface area contributed by atoms with E-state index in [9.17, 15) is 8.78 Å². The summed E-state index contributed by atoms with van der Waals surface area (Å²) in [6, 6.07) is 3.34. The first-order valence-electron chi connectivity index (χ1n) is 7.62. The van der Waals surface area contributed by atoms with Gasteiger partial charge in [0.2, 0.25) is 0 Å². The van der Waals surface area contributed by atoms with Crippen LogP contribution in [0.3, 0.4) is 0 Å². The van der Waals surface area contributed by atoms with Gasteiger partial charge in [-0.05, 0) is 47.3 Å². The molecule has 2 atom stereocenters. The van der Waals surface area contributed by atoms with E-state index >= 15 is 0 Å². The van der Waals surface area contributed by atoms with Crippen molar-refractivity contribution in [3.63, 3.8) is 0 Å². The monoisotopic (exact) mass is 358 g/mol. The SMILES string of the molecule is CC(C)C1CN2CCCC2CN1c1cc(Br)c(F)cc1F. The molecular weight excluding hydrogens is 338 g/mol. The minimum atomic E-state index is -0.545. The highest BCUT2D eigenvalue weighted by Crippen LogP contribution is 2.34. The van der Waals surface area contributed by atoms with E-state index in [4.69, 9.17) is 0 Å². The lowest BCUT2D eigenvalue weighted by atomic mass is 9.96. The van der Waals surface area contributed by atoms with Crippen molar-refractivity contribution in [2.45, 2.75) is 38.8 Å². The van der Waals surface area contributed by atoms with Crippen LogP contribution in [0.2, 0.25) is 0 Å². The number of fused-ring (bicyclic) bond motifs is 1. The van der Waals surface area contributed by atoms with Crippen molar-refractivity contribution in [1.82, 2.24) is 4.90 Å². The molecule has 116 valence electrons. The number of halogens is 3. The lowest BCUT2D eigenvalue weighted by molar-refractivity contribution is 0.176. The Kier molecular flexibility index (Phi) is 4.23. The molecule has 0 aromatic heterocycles. The van der Waals surface area contributed by atoms with Gasteiger partial charge >= 0.3 is 0 Å². The van der Waals surface area contributed by atoms with Gasteiger partial charge in [-0.3, -0.25) is 4.90 Å². The molecule has 2 unspecified atom stereocenters. The lowest BCUT2D eigenvalue weighted by Crippen LogP contribution is -2.58. The molecule has 0 spiro atoms. The third-order valence-electron chi connectivity index (χ3n) is 4.80. The fourth-order valence-electron chi connectivity index (χ4n) is 3.62. The second-order valence-electron chi connectivity index (χ2n) is 6.47. The van der Waals surface area contributed by atoms with E-state index in [1.807, 2.05) is 0 Å². The molecule has 2 aliphatic heterocycles. The Hall–Kier alpha value is -0.680. The topological polar surface area (TPSA) is 6.48 Å². The van der Waals surface area contributed by atoms with E-state index in [0.717, 1.165) is 25.7 Å². The molecular formula is C16H21BrF2N2. The van der Waals surface area contributed by atoms with Crippen LogP contribution < -0.4 is 4.90 Å². The largest absolute Gasteiger partial charge is 0.363 e. The highest BCUT2D eigenvalue weighted by Gasteiger charge is 2.38. The first-order valence-corrected chi connectivity index (χ1v) is 8.42. The Morgan fingerprint density at radius 2 is 1.95 bits per heavy atom. The molecule has 0 aliphatic carbocycles. The van der Waals surface area contributed by atoms with E-state index in [1.165, 1.54) is 12.8 Å². The van der Waals surface area contributed by atoms with Crippen molar-refractivity contribution in [2.24, 2.45) is 5.92 Å². The summed E-state index contributed by atoms with van der Waals surface area (Å²) in [7, 11) is 0. The van der Waals surface area contributed by atoms with E-state index in [-0.39, 0.29) is 6.04 Å². The fourth-order valence-corrected chi connectivity index (χ4v) is 3.95. The third kappa shape index (κ3) is 2.82. The van der Waals surface area contributed by atoms with Gasteiger partial charge in [0.1, 0.15) is 11.6 Å². The van der Waals surface area contributed by atoms with Crippen molar-refractivity contribution < 1.29 is 8.78 Å². The predicted molar refractivity (Wildman–Crippen MR) is 84.6 cm³/mol. The van der Waals surface area contributed by atoms with Crippen LogP contribution in [0.15, 0.2) is 16.6 Å². The van der Waals surface area contributed by atoms with Crippen LogP contribution in [0.1, 0.15) is 26.7 Å². The summed E-state index contributed by atoms with van der Waals surface area (Å²) in [5.74, 6) is -0.584. The van der Waals surface area contributed by atoms with Gasteiger partial charge < -0.3 is 4.90 Å². The maximum absolute atomic E-state index is 14.3. The number of nitrogens with zero attached hydrogens (tertiary/aromatic N) is 2. The van der Waals surface area contributed by atoms with E-state index < -0.39 is 11.6 Å². The molecule has 3 rings (SSSR count). The zero-order chi connectivity index (χ0) is 15.1. The maximum atomic E-state index is 14.3. The molecule has 5 heteroatoms. The van der Waals surface area contributed by atoms with Crippen molar-refractivity contribution in [3.8, 4) is 0 Å². The van der Waals surface area contributed by atoms with Crippen LogP contribution in [0, 0.1) is 17.6 Å². The van der Waals surface area contributed by atoms with Crippen molar-refractivity contribution in [3.05, 3.63) is 28.2 Å². The summed E-state index contributed by atoms with van der Waals surface area (Å²) < 4.78 is 28.1. The summed E-state index contributed by atoms with van der Waals surface area (Å²) in [5.41, 5.74) is 0.522. The molecule has 1 aromatic rings. The number of hydrogen-bond donors (Lipinski definition) is 0. The predicted octanol–water partition coefficient (Wildman–Crippen LogP) is 4.04.